The van der Waals surface area contributed by atoms with Gasteiger partial charge in [0.05, 0.1) is 12.1 Å². The van der Waals surface area contributed by atoms with Gasteiger partial charge in [-0.1, -0.05) is 19.0 Å². The molecule has 1 saturated heterocycles. The Hall–Kier alpha value is -1.66. The first-order valence-corrected chi connectivity index (χ1v) is 8.27. The molecule has 126 valence electrons. The van der Waals surface area contributed by atoms with Crippen molar-refractivity contribution in [3.63, 3.8) is 0 Å². The van der Waals surface area contributed by atoms with Crippen LogP contribution in [0.15, 0.2) is 21.1 Å². The highest BCUT2D eigenvalue weighted by molar-refractivity contribution is 5.13. The smallest absolute Gasteiger partial charge is 0.243 e. The number of hydrogen-bond acceptors (Lipinski definition) is 6. The van der Waals surface area contributed by atoms with Crippen molar-refractivity contribution in [2.24, 2.45) is 0 Å². The highest BCUT2D eigenvalue weighted by Crippen LogP contribution is 2.38. The number of nitrogens with zero attached hydrogens (tertiary/aromatic N) is 3. The third kappa shape index (κ3) is 3.33. The second-order valence-electron chi connectivity index (χ2n) is 6.45. The number of rotatable bonds is 6. The molecule has 6 nitrogen and oxygen atoms in total. The van der Waals surface area contributed by atoms with Crippen LogP contribution in [0.4, 0.5) is 0 Å². The average Bonchev–Trinajstić information content (AvgIpc) is 3.26. The molecule has 0 N–H and O–H groups in total. The van der Waals surface area contributed by atoms with Gasteiger partial charge in [-0.05, 0) is 38.4 Å². The van der Waals surface area contributed by atoms with Crippen molar-refractivity contribution in [3.8, 4) is 0 Å². The normalized spacial score (nSPS) is 20.5. The highest BCUT2D eigenvalue weighted by Gasteiger charge is 2.34. The first-order chi connectivity index (χ1) is 11.1. The lowest BCUT2D eigenvalue weighted by atomic mass is 10.1. The Morgan fingerprint density at radius 3 is 2.87 bits per heavy atom. The van der Waals surface area contributed by atoms with Crippen molar-refractivity contribution >= 4 is 0 Å². The van der Waals surface area contributed by atoms with Gasteiger partial charge in [-0.3, -0.25) is 4.90 Å². The summed E-state index contributed by atoms with van der Waals surface area (Å²) in [5.41, 5.74) is 0. The fourth-order valence-corrected chi connectivity index (χ4v) is 3.14. The molecule has 1 aliphatic rings. The van der Waals surface area contributed by atoms with E-state index in [0.29, 0.717) is 12.5 Å². The SMILES string of the molecule is COCc1ccc(C2CCCN2C(C)c2nc(C(C)C)no2)o1. The lowest BCUT2D eigenvalue weighted by Crippen LogP contribution is -2.26. The minimum absolute atomic E-state index is 0.0819. The van der Waals surface area contributed by atoms with Crippen molar-refractivity contribution in [3.05, 3.63) is 35.4 Å². The molecule has 0 amide bonds. The van der Waals surface area contributed by atoms with E-state index in [1.807, 2.05) is 6.07 Å². The Morgan fingerprint density at radius 1 is 1.35 bits per heavy atom. The molecule has 3 rings (SSSR count). The Bertz CT molecular complexity index is 635. The number of furan rings is 1. The van der Waals surface area contributed by atoms with Crippen LogP contribution in [-0.2, 0) is 11.3 Å². The van der Waals surface area contributed by atoms with Crippen LogP contribution >= 0.6 is 0 Å². The summed E-state index contributed by atoms with van der Waals surface area (Å²) in [5, 5.41) is 4.08. The first kappa shape index (κ1) is 16.2. The molecule has 2 aromatic heterocycles. The molecule has 1 aliphatic heterocycles. The summed E-state index contributed by atoms with van der Waals surface area (Å²) in [6.45, 7) is 7.76. The maximum absolute atomic E-state index is 5.93. The zero-order chi connectivity index (χ0) is 16.4. The van der Waals surface area contributed by atoms with Crippen LogP contribution in [-0.4, -0.2) is 28.7 Å². The third-order valence-corrected chi connectivity index (χ3v) is 4.42. The Labute approximate surface area is 136 Å². The average molecular weight is 319 g/mol. The quantitative estimate of drug-likeness (QED) is 0.806. The lowest BCUT2D eigenvalue weighted by molar-refractivity contribution is 0.133. The zero-order valence-corrected chi connectivity index (χ0v) is 14.3. The largest absolute Gasteiger partial charge is 0.462 e. The highest BCUT2D eigenvalue weighted by atomic mass is 16.5. The molecular formula is C17H25N3O3. The first-order valence-electron chi connectivity index (χ1n) is 8.27. The summed E-state index contributed by atoms with van der Waals surface area (Å²) in [7, 11) is 1.67. The van der Waals surface area contributed by atoms with Gasteiger partial charge in [0.25, 0.3) is 0 Å². The van der Waals surface area contributed by atoms with E-state index in [9.17, 15) is 0 Å². The molecule has 2 atom stereocenters. The molecule has 6 heteroatoms. The van der Waals surface area contributed by atoms with Gasteiger partial charge in [0.2, 0.25) is 5.89 Å². The molecular weight excluding hydrogens is 294 g/mol. The molecule has 3 heterocycles. The van der Waals surface area contributed by atoms with Crippen LogP contribution < -0.4 is 0 Å². The molecule has 0 bridgehead atoms. The number of aromatic nitrogens is 2. The van der Waals surface area contributed by atoms with E-state index in [1.165, 1.54) is 0 Å². The Morgan fingerprint density at radius 2 is 2.17 bits per heavy atom. The van der Waals surface area contributed by atoms with Crippen molar-refractivity contribution in [2.75, 3.05) is 13.7 Å². The van der Waals surface area contributed by atoms with E-state index in [0.717, 1.165) is 36.7 Å². The van der Waals surface area contributed by atoms with Crippen molar-refractivity contribution in [1.82, 2.24) is 15.0 Å². The van der Waals surface area contributed by atoms with Crippen molar-refractivity contribution < 1.29 is 13.7 Å². The minimum atomic E-state index is 0.0819. The van der Waals surface area contributed by atoms with E-state index < -0.39 is 0 Å². The van der Waals surface area contributed by atoms with Crippen LogP contribution in [0.3, 0.4) is 0 Å². The van der Waals surface area contributed by atoms with E-state index in [1.54, 1.807) is 7.11 Å². The van der Waals surface area contributed by atoms with Gasteiger partial charge in [-0.25, -0.2) is 0 Å². The van der Waals surface area contributed by atoms with E-state index in [-0.39, 0.29) is 18.0 Å². The third-order valence-electron chi connectivity index (χ3n) is 4.42. The number of methoxy groups -OCH3 is 1. The topological polar surface area (TPSA) is 64.5 Å². The predicted molar refractivity (Wildman–Crippen MR) is 84.9 cm³/mol. The molecule has 2 aromatic rings. The van der Waals surface area contributed by atoms with Gasteiger partial charge in [0.15, 0.2) is 5.82 Å². The van der Waals surface area contributed by atoms with E-state index in [2.05, 4.69) is 41.9 Å². The molecule has 23 heavy (non-hydrogen) atoms. The summed E-state index contributed by atoms with van der Waals surface area (Å²) in [6.07, 6.45) is 2.22. The van der Waals surface area contributed by atoms with E-state index in [4.69, 9.17) is 13.7 Å². The summed E-state index contributed by atoms with van der Waals surface area (Å²) < 4.78 is 16.5. The van der Waals surface area contributed by atoms with Crippen LogP contribution in [0.25, 0.3) is 0 Å². The fourth-order valence-electron chi connectivity index (χ4n) is 3.14. The second-order valence-corrected chi connectivity index (χ2v) is 6.45. The molecule has 0 aromatic carbocycles. The number of likely N-dealkylation sites (tertiary alicyclic amines) is 1. The van der Waals surface area contributed by atoms with Crippen LogP contribution in [0.1, 0.15) is 74.9 Å². The molecule has 0 spiro atoms. The second kappa shape index (κ2) is 6.84. The van der Waals surface area contributed by atoms with Gasteiger partial charge in [0.1, 0.15) is 18.1 Å². The fraction of sp³-hybridized carbons (Fsp3) is 0.647. The van der Waals surface area contributed by atoms with Gasteiger partial charge < -0.3 is 13.7 Å². The summed E-state index contributed by atoms with van der Waals surface area (Å²) in [6, 6.07) is 4.38. The minimum Gasteiger partial charge on any atom is -0.462 e. The van der Waals surface area contributed by atoms with Gasteiger partial charge in [0, 0.05) is 13.0 Å². The molecule has 0 saturated carbocycles. The van der Waals surface area contributed by atoms with Gasteiger partial charge >= 0.3 is 0 Å². The van der Waals surface area contributed by atoms with Gasteiger partial charge in [-0.15, -0.1) is 0 Å². The molecule has 0 aliphatic carbocycles. The Kier molecular flexibility index (Phi) is 4.82. The number of hydrogen-bond donors (Lipinski definition) is 0. The Balaban J connectivity index is 1.76. The van der Waals surface area contributed by atoms with Crippen LogP contribution in [0, 0.1) is 0 Å². The monoisotopic (exact) mass is 319 g/mol. The van der Waals surface area contributed by atoms with Crippen LogP contribution in [0.2, 0.25) is 0 Å². The van der Waals surface area contributed by atoms with Crippen molar-refractivity contribution in [2.45, 2.75) is 58.2 Å². The maximum atomic E-state index is 5.93. The summed E-state index contributed by atoms with van der Waals surface area (Å²) in [4.78, 5) is 6.93. The predicted octanol–water partition coefficient (Wildman–Crippen LogP) is 3.83. The van der Waals surface area contributed by atoms with Crippen molar-refractivity contribution in [1.29, 1.82) is 0 Å². The zero-order valence-electron chi connectivity index (χ0n) is 14.3. The number of ether oxygens (including phenoxy) is 1. The lowest BCUT2D eigenvalue weighted by Gasteiger charge is -2.27. The standard InChI is InChI=1S/C17H25N3O3/c1-11(2)16-18-17(23-19-16)12(3)20-9-5-6-14(20)15-8-7-13(22-15)10-21-4/h7-8,11-12,14H,5-6,9-10H2,1-4H3. The molecule has 1 fully saturated rings. The summed E-state index contributed by atoms with van der Waals surface area (Å²) in [5.74, 6) is 3.58. The van der Waals surface area contributed by atoms with E-state index >= 15 is 0 Å². The molecule has 2 unspecified atom stereocenters. The maximum Gasteiger partial charge on any atom is 0.243 e. The summed E-state index contributed by atoms with van der Waals surface area (Å²) >= 11 is 0. The molecule has 0 radical (unpaired) electrons. The van der Waals surface area contributed by atoms with Crippen LogP contribution in [0.5, 0.6) is 0 Å². The van der Waals surface area contributed by atoms with Gasteiger partial charge in [-0.2, -0.15) is 4.98 Å².